The van der Waals surface area contributed by atoms with Crippen LogP contribution in [-0.2, 0) is 10.0 Å². The molecule has 0 amide bonds. The van der Waals surface area contributed by atoms with E-state index in [9.17, 15) is 12.8 Å². The van der Waals surface area contributed by atoms with E-state index in [4.69, 9.17) is 0 Å². The molecule has 20 heavy (non-hydrogen) atoms. The molecule has 7 heteroatoms. The SMILES string of the molecule is Cc1cc(S(=O)(=O)NC(C)c2cccc(F)c2)sc1Br. The molecule has 0 bridgehead atoms. The molecule has 2 rings (SSSR count). The van der Waals surface area contributed by atoms with Gasteiger partial charge in [-0.25, -0.2) is 17.5 Å². The molecule has 3 nitrogen and oxygen atoms in total. The van der Waals surface area contributed by atoms with Gasteiger partial charge in [-0.2, -0.15) is 0 Å². The van der Waals surface area contributed by atoms with Crippen LogP contribution in [0.25, 0.3) is 0 Å². The molecule has 1 aromatic heterocycles. The van der Waals surface area contributed by atoms with Crippen molar-refractivity contribution in [3.8, 4) is 0 Å². The van der Waals surface area contributed by atoms with Crippen molar-refractivity contribution in [1.29, 1.82) is 0 Å². The zero-order valence-electron chi connectivity index (χ0n) is 10.9. The summed E-state index contributed by atoms with van der Waals surface area (Å²) in [5, 5.41) is 0. The fourth-order valence-electron chi connectivity index (χ4n) is 1.70. The Morgan fingerprint density at radius 3 is 2.60 bits per heavy atom. The zero-order valence-corrected chi connectivity index (χ0v) is 14.1. The zero-order chi connectivity index (χ0) is 14.9. The van der Waals surface area contributed by atoms with Crippen LogP contribution in [0, 0.1) is 12.7 Å². The molecule has 1 N–H and O–H groups in total. The van der Waals surface area contributed by atoms with Gasteiger partial charge in [-0.3, -0.25) is 0 Å². The maximum atomic E-state index is 13.2. The summed E-state index contributed by atoms with van der Waals surface area (Å²) in [4.78, 5) is 0. The van der Waals surface area contributed by atoms with E-state index in [-0.39, 0.29) is 10.0 Å². The lowest BCUT2D eigenvalue weighted by Crippen LogP contribution is -2.26. The van der Waals surface area contributed by atoms with Crippen LogP contribution in [0.1, 0.15) is 24.1 Å². The van der Waals surface area contributed by atoms with Crippen LogP contribution in [-0.4, -0.2) is 8.42 Å². The summed E-state index contributed by atoms with van der Waals surface area (Å²) in [6.45, 7) is 3.51. The van der Waals surface area contributed by atoms with Crippen molar-refractivity contribution in [3.63, 3.8) is 0 Å². The second kappa shape index (κ2) is 5.93. The molecule has 1 unspecified atom stereocenters. The van der Waals surface area contributed by atoms with Crippen LogP contribution in [0.5, 0.6) is 0 Å². The number of sulfonamides is 1. The summed E-state index contributed by atoms with van der Waals surface area (Å²) < 4.78 is 41.2. The first-order valence-electron chi connectivity index (χ1n) is 5.83. The molecule has 108 valence electrons. The van der Waals surface area contributed by atoms with Gasteiger partial charge in [0.25, 0.3) is 10.0 Å². The molecule has 0 aliphatic carbocycles. The Hall–Kier alpha value is -0.760. The maximum absolute atomic E-state index is 13.2. The summed E-state index contributed by atoms with van der Waals surface area (Å²) in [6.07, 6.45) is 0. The van der Waals surface area contributed by atoms with Crippen molar-refractivity contribution >= 4 is 37.3 Å². The van der Waals surface area contributed by atoms with Gasteiger partial charge in [-0.15, -0.1) is 11.3 Å². The minimum Gasteiger partial charge on any atom is -0.207 e. The lowest BCUT2D eigenvalue weighted by Gasteiger charge is -2.13. The Balaban J connectivity index is 2.24. The van der Waals surface area contributed by atoms with Crippen LogP contribution >= 0.6 is 27.3 Å². The minimum absolute atomic E-state index is 0.241. The summed E-state index contributed by atoms with van der Waals surface area (Å²) >= 11 is 4.46. The third-order valence-electron chi connectivity index (χ3n) is 2.78. The quantitative estimate of drug-likeness (QED) is 0.874. The van der Waals surface area contributed by atoms with E-state index in [0.29, 0.717) is 5.56 Å². The Kier molecular flexibility index (Phi) is 4.63. The number of benzene rings is 1. The molecule has 0 saturated carbocycles. The average molecular weight is 378 g/mol. The van der Waals surface area contributed by atoms with Crippen molar-refractivity contribution in [3.05, 3.63) is 51.1 Å². The third kappa shape index (κ3) is 3.46. The fraction of sp³-hybridized carbons (Fsp3) is 0.231. The predicted octanol–water partition coefficient (Wildman–Crippen LogP) is 4.00. The van der Waals surface area contributed by atoms with Gasteiger partial charge in [0, 0.05) is 6.04 Å². The Labute approximate surface area is 130 Å². The van der Waals surface area contributed by atoms with Crippen molar-refractivity contribution in [2.45, 2.75) is 24.1 Å². The van der Waals surface area contributed by atoms with E-state index in [1.807, 2.05) is 6.92 Å². The highest BCUT2D eigenvalue weighted by atomic mass is 79.9. The van der Waals surface area contributed by atoms with Crippen LogP contribution in [0.3, 0.4) is 0 Å². The van der Waals surface area contributed by atoms with Gasteiger partial charge in [-0.1, -0.05) is 12.1 Å². The molecule has 0 spiro atoms. The fourth-order valence-corrected chi connectivity index (χ4v) is 5.17. The van der Waals surface area contributed by atoms with E-state index < -0.39 is 16.1 Å². The number of rotatable bonds is 4. The molecule has 0 aliphatic heterocycles. The highest BCUT2D eigenvalue weighted by Crippen LogP contribution is 2.31. The maximum Gasteiger partial charge on any atom is 0.250 e. The number of thiophene rings is 1. The van der Waals surface area contributed by atoms with Crippen LogP contribution in [0.2, 0.25) is 0 Å². The van der Waals surface area contributed by atoms with Gasteiger partial charge >= 0.3 is 0 Å². The number of nitrogens with one attached hydrogen (secondary N) is 1. The first kappa shape index (κ1) is 15.6. The van der Waals surface area contributed by atoms with Crippen LogP contribution in [0.4, 0.5) is 4.39 Å². The normalized spacial score (nSPS) is 13.4. The van der Waals surface area contributed by atoms with E-state index in [2.05, 4.69) is 20.7 Å². The second-order valence-corrected chi connectivity index (χ2v) is 8.73. The molecule has 0 radical (unpaired) electrons. The number of aryl methyl sites for hydroxylation is 1. The first-order chi connectivity index (χ1) is 9.29. The predicted molar refractivity (Wildman–Crippen MR) is 81.9 cm³/mol. The number of halogens is 2. The Bertz CT molecular complexity index is 708. The summed E-state index contributed by atoms with van der Waals surface area (Å²) in [5.74, 6) is -0.386. The van der Waals surface area contributed by atoms with Gasteiger partial charge in [-0.05, 0) is 59.1 Å². The van der Waals surface area contributed by atoms with Gasteiger partial charge in [0.2, 0.25) is 0 Å². The Morgan fingerprint density at radius 2 is 2.05 bits per heavy atom. The molecular formula is C13H13BrFNO2S2. The van der Waals surface area contributed by atoms with E-state index in [0.717, 1.165) is 20.7 Å². The monoisotopic (exact) mass is 377 g/mol. The van der Waals surface area contributed by atoms with Crippen molar-refractivity contribution in [2.24, 2.45) is 0 Å². The van der Waals surface area contributed by atoms with Gasteiger partial charge in [0.1, 0.15) is 10.0 Å². The average Bonchev–Trinajstić information content (AvgIpc) is 2.70. The topological polar surface area (TPSA) is 46.2 Å². The van der Waals surface area contributed by atoms with E-state index >= 15 is 0 Å². The Morgan fingerprint density at radius 1 is 1.35 bits per heavy atom. The number of hydrogen-bond acceptors (Lipinski definition) is 3. The molecule has 2 aromatic rings. The number of hydrogen-bond donors (Lipinski definition) is 1. The molecule has 0 aliphatic rings. The lowest BCUT2D eigenvalue weighted by molar-refractivity contribution is 0.566. The summed E-state index contributed by atoms with van der Waals surface area (Å²) in [6, 6.07) is 6.99. The molecule has 1 heterocycles. The smallest absolute Gasteiger partial charge is 0.207 e. The van der Waals surface area contributed by atoms with E-state index in [1.54, 1.807) is 25.1 Å². The molecule has 0 fully saturated rings. The van der Waals surface area contributed by atoms with Gasteiger partial charge in [0.15, 0.2) is 0 Å². The van der Waals surface area contributed by atoms with Gasteiger partial charge < -0.3 is 0 Å². The van der Waals surface area contributed by atoms with E-state index in [1.165, 1.54) is 12.1 Å². The highest BCUT2D eigenvalue weighted by molar-refractivity contribution is 9.11. The molecular weight excluding hydrogens is 365 g/mol. The summed E-state index contributed by atoms with van der Waals surface area (Å²) in [7, 11) is -3.61. The minimum atomic E-state index is -3.61. The third-order valence-corrected chi connectivity index (χ3v) is 6.93. The van der Waals surface area contributed by atoms with Crippen molar-refractivity contribution in [1.82, 2.24) is 4.72 Å². The largest absolute Gasteiger partial charge is 0.250 e. The molecule has 1 atom stereocenters. The second-order valence-electron chi connectivity index (χ2n) is 4.42. The molecule has 0 saturated heterocycles. The standard InChI is InChI=1S/C13H13BrFNO2S2/c1-8-6-12(19-13(8)14)20(17,18)16-9(2)10-4-3-5-11(15)7-10/h3-7,9,16H,1-2H3. The van der Waals surface area contributed by atoms with Gasteiger partial charge in [0.05, 0.1) is 3.79 Å². The van der Waals surface area contributed by atoms with Crippen LogP contribution < -0.4 is 4.72 Å². The highest BCUT2D eigenvalue weighted by Gasteiger charge is 2.21. The molecule has 1 aromatic carbocycles. The summed E-state index contributed by atoms with van der Waals surface area (Å²) in [5.41, 5.74) is 1.45. The van der Waals surface area contributed by atoms with Crippen LogP contribution in [0.15, 0.2) is 38.3 Å². The first-order valence-corrected chi connectivity index (χ1v) is 8.92. The van der Waals surface area contributed by atoms with Crippen molar-refractivity contribution < 1.29 is 12.8 Å². The van der Waals surface area contributed by atoms with Crippen molar-refractivity contribution in [2.75, 3.05) is 0 Å². The lowest BCUT2D eigenvalue weighted by atomic mass is 10.1.